The zero-order chi connectivity index (χ0) is 17.2. The molecule has 24 heavy (non-hydrogen) atoms. The van der Waals surface area contributed by atoms with Gasteiger partial charge in [-0.2, -0.15) is 0 Å². The molecule has 1 aromatic heterocycles. The largest absolute Gasteiger partial charge is 0.337 e. The number of hydrogen-bond acceptors (Lipinski definition) is 3. The molecule has 0 radical (unpaired) electrons. The quantitative estimate of drug-likeness (QED) is 0.816. The third-order valence-corrected chi connectivity index (χ3v) is 6.29. The molecule has 0 spiro atoms. The Kier molecular flexibility index (Phi) is 5.55. The number of halogens is 2. The predicted octanol–water partition coefficient (Wildman–Crippen LogP) is 4.03. The third-order valence-electron chi connectivity index (χ3n) is 5.29. The van der Waals surface area contributed by atoms with Gasteiger partial charge in [0.25, 0.3) is 5.91 Å². The SMILES string of the molecule is Cc1ccsc1C(=O)N1CCCN(CC2CCC(F)(F)CC2)CC1. The monoisotopic (exact) mass is 356 g/mol. The van der Waals surface area contributed by atoms with Gasteiger partial charge in [0.15, 0.2) is 0 Å². The van der Waals surface area contributed by atoms with E-state index in [1.54, 1.807) is 0 Å². The van der Waals surface area contributed by atoms with E-state index in [1.807, 2.05) is 23.3 Å². The number of nitrogens with zero attached hydrogens (tertiary/aromatic N) is 2. The van der Waals surface area contributed by atoms with E-state index >= 15 is 0 Å². The van der Waals surface area contributed by atoms with Crippen molar-refractivity contribution >= 4 is 17.2 Å². The van der Waals surface area contributed by atoms with E-state index in [9.17, 15) is 13.6 Å². The molecule has 0 aromatic carbocycles. The van der Waals surface area contributed by atoms with Crippen molar-refractivity contribution in [2.24, 2.45) is 5.92 Å². The van der Waals surface area contributed by atoms with Crippen molar-refractivity contribution in [3.8, 4) is 0 Å². The molecule has 1 amide bonds. The Labute approximate surface area is 146 Å². The van der Waals surface area contributed by atoms with Crippen LogP contribution in [0.4, 0.5) is 8.78 Å². The minimum atomic E-state index is -2.45. The fourth-order valence-corrected chi connectivity index (χ4v) is 4.63. The van der Waals surface area contributed by atoms with Crippen LogP contribution in [0.15, 0.2) is 11.4 Å². The zero-order valence-corrected chi connectivity index (χ0v) is 15.1. The maximum absolute atomic E-state index is 13.3. The van der Waals surface area contributed by atoms with E-state index in [-0.39, 0.29) is 18.7 Å². The Morgan fingerprint density at radius 3 is 2.67 bits per heavy atom. The highest BCUT2D eigenvalue weighted by molar-refractivity contribution is 7.12. The normalized spacial score (nSPS) is 23.2. The number of thiophene rings is 1. The molecule has 1 aromatic rings. The Bertz CT molecular complexity index is 565. The van der Waals surface area contributed by atoms with Gasteiger partial charge in [-0.3, -0.25) is 4.79 Å². The fourth-order valence-electron chi connectivity index (χ4n) is 3.74. The van der Waals surface area contributed by atoms with Gasteiger partial charge in [0.2, 0.25) is 5.92 Å². The Balaban J connectivity index is 1.50. The minimum Gasteiger partial charge on any atom is -0.337 e. The van der Waals surface area contributed by atoms with Crippen molar-refractivity contribution in [2.75, 3.05) is 32.7 Å². The molecular weight excluding hydrogens is 330 g/mol. The lowest BCUT2D eigenvalue weighted by molar-refractivity contribution is -0.0487. The second-order valence-corrected chi connectivity index (χ2v) is 8.09. The topological polar surface area (TPSA) is 23.6 Å². The summed E-state index contributed by atoms with van der Waals surface area (Å²) in [4.78, 5) is 17.8. The van der Waals surface area contributed by atoms with E-state index in [0.717, 1.165) is 49.6 Å². The number of rotatable bonds is 3. The molecule has 0 bridgehead atoms. The second-order valence-electron chi connectivity index (χ2n) is 7.18. The number of amides is 1. The molecule has 0 atom stereocenters. The third kappa shape index (κ3) is 4.33. The highest BCUT2D eigenvalue weighted by Gasteiger charge is 2.35. The Morgan fingerprint density at radius 1 is 1.25 bits per heavy atom. The summed E-state index contributed by atoms with van der Waals surface area (Å²) in [6, 6.07) is 1.99. The lowest BCUT2D eigenvalue weighted by atomic mass is 9.86. The molecule has 2 heterocycles. The van der Waals surface area contributed by atoms with Crippen molar-refractivity contribution in [3.63, 3.8) is 0 Å². The van der Waals surface area contributed by atoms with E-state index in [0.29, 0.717) is 18.8 Å². The summed E-state index contributed by atoms with van der Waals surface area (Å²) < 4.78 is 26.5. The van der Waals surface area contributed by atoms with Crippen LogP contribution in [-0.4, -0.2) is 54.4 Å². The smallest absolute Gasteiger partial charge is 0.264 e. The first-order chi connectivity index (χ1) is 11.4. The lowest BCUT2D eigenvalue weighted by Gasteiger charge is -2.32. The molecule has 3 rings (SSSR count). The van der Waals surface area contributed by atoms with Gasteiger partial charge < -0.3 is 9.80 Å². The molecule has 1 saturated heterocycles. The molecule has 1 aliphatic carbocycles. The van der Waals surface area contributed by atoms with Crippen molar-refractivity contribution in [2.45, 2.75) is 45.0 Å². The van der Waals surface area contributed by atoms with Crippen LogP contribution in [0.2, 0.25) is 0 Å². The number of aryl methyl sites for hydroxylation is 1. The van der Waals surface area contributed by atoms with Gasteiger partial charge >= 0.3 is 0 Å². The highest BCUT2D eigenvalue weighted by atomic mass is 32.1. The molecule has 134 valence electrons. The Morgan fingerprint density at radius 2 is 2.00 bits per heavy atom. The first-order valence-electron chi connectivity index (χ1n) is 8.88. The summed E-state index contributed by atoms with van der Waals surface area (Å²) >= 11 is 1.51. The fraction of sp³-hybridized carbons (Fsp3) is 0.722. The second kappa shape index (κ2) is 7.48. The lowest BCUT2D eigenvalue weighted by Crippen LogP contribution is -2.38. The average Bonchev–Trinajstić information content (AvgIpc) is 2.83. The number of alkyl halides is 2. The molecule has 0 unspecified atom stereocenters. The molecular formula is C18H26F2N2OS. The van der Waals surface area contributed by atoms with Crippen LogP contribution in [0.25, 0.3) is 0 Å². The molecule has 1 aliphatic heterocycles. The van der Waals surface area contributed by atoms with Gasteiger partial charge in [0.05, 0.1) is 4.88 Å². The standard InChI is InChI=1S/C18H26F2N2OS/c1-14-5-12-24-16(14)17(23)22-9-2-8-21(10-11-22)13-15-3-6-18(19,20)7-4-15/h5,12,15H,2-4,6-11,13H2,1H3. The van der Waals surface area contributed by atoms with Gasteiger partial charge in [0, 0.05) is 39.0 Å². The maximum Gasteiger partial charge on any atom is 0.264 e. The molecule has 2 aliphatic rings. The minimum absolute atomic E-state index is 0.0355. The van der Waals surface area contributed by atoms with Crippen LogP contribution in [0.5, 0.6) is 0 Å². The number of carbonyl (C=O) groups is 1. The molecule has 3 nitrogen and oxygen atoms in total. The molecule has 0 N–H and O–H groups in total. The van der Waals surface area contributed by atoms with Crippen molar-refractivity contribution in [1.29, 1.82) is 0 Å². The van der Waals surface area contributed by atoms with E-state index in [2.05, 4.69) is 4.90 Å². The Hall–Kier alpha value is -1.01. The van der Waals surface area contributed by atoms with Gasteiger partial charge in [0.1, 0.15) is 0 Å². The van der Waals surface area contributed by atoms with E-state index in [1.165, 1.54) is 11.3 Å². The number of carbonyl (C=O) groups excluding carboxylic acids is 1. The molecule has 1 saturated carbocycles. The van der Waals surface area contributed by atoms with Crippen LogP contribution < -0.4 is 0 Å². The van der Waals surface area contributed by atoms with Gasteiger partial charge in [-0.25, -0.2) is 8.78 Å². The van der Waals surface area contributed by atoms with Gasteiger partial charge in [-0.05, 0) is 55.7 Å². The van der Waals surface area contributed by atoms with Crippen LogP contribution in [0.1, 0.15) is 47.3 Å². The van der Waals surface area contributed by atoms with Crippen LogP contribution >= 0.6 is 11.3 Å². The summed E-state index contributed by atoms with van der Waals surface area (Å²) in [5, 5.41) is 1.96. The summed E-state index contributed by atoms with van der Waals surface area (Å²) in [6.07, 6.45) is 2.28. The highest BCUT2D eigenvalue weighted by Crippen LogP contribution is 2.36. The van der Waals surface area contributed by atoms with E-state index < -0.39 is 5.92 Å². The summed E-state index contributed by atoms with van der Waals surface area (Å²) in [5.41, 5.74) is 1.05. The van der Waals surface area contributed by atoms with Crippen molar-refractivity contribution in [1.82, 2.24) is 9.80 Å². The van der Waals surface area contributed by atoms with Crippen LogP contribution in [0, 0.1) is 12.8 Å². The van der Waals surface area contributed by atoms with Gasteiger partial charge in [-0.1, -0.05) is 0 Å². The number of hydrogen-bond donors (Lipinski definition) is 0. The average molecular weight is 356 g/mol. The maximum atomic E-state index is 13.3. The zero-order valence-electron chi connectivity index (χ0n) is 14.3. The van der Waals surface area contributed by atoms with Gasteiger partial charge in [-0.15, -0.1) is 11.3 Å². The van der Waals surface area contributed by atoms with Crippen LogP contribution in [0.3, 0.4) is 0 Å². The first kappa shape index (κ1) is 17.8. The molecule has 6 heteroatoms. The summed E-state index contributed by atoms with van der Waals surface area (Å²) in [7, 11) is 0. The summed E-state index contributed by atoms with van der Waals surface area (Å²) in [6.45, 7) is 6.21. The summed E-state index contributed by atoms with van der Waals surface area (Å²) in [5.74, 6) is -1.93. The van der Waals surface area contributed by atoms with Crippen molar-refractivity contribution < 1.29 is 13.6 Å². The predicted molar refractivity (Wildman–Crippen MR) is 92.9 cm³/mol. The molecule has 2 fully saturated rings. The van der Waals surface area contributed by atoms with Crippen molar-refractivity contribution in [3.05, 3.63) is 21.9 Å². The van der Waals surface area contributed by atoms with E-state index in [4.69, 9.17) is 0 Å². The van der Waals surface area contributed by atoms with Crippen LogP contribution in [-0.2, 0) is 0 Å². The first-order valence-corrected chi connectivity index (χ1v) is 9.76.